The number of benzene rings is 1. The van der Waals surface area contributed by atoms with Crippen molar-refractivity contribution in [1.82, 2.24) is 9.97 Å². The topological polar surface area (TPSA) is 95.8 Å². The van der Waals surface area contributed by atoms with Gasteiger partial charge in [0.15, 0.2) is 0 Å². The van der Waals surface area contributed by atoms with E-state index in [4.69, 9.17) is 5.73 Å². The molecule has 152 valence electrons. The lowest BCUT2D eigenvalue weighted by Gasteiger charge is -2.24. The van der Waals surface area contributed by atoms with Gasteiger partial charge in [0.05, 0.1) is 11.3 Å². The van der Waals surface area contributed by atoms with E-state index in [2.05, 4.69) is 62.1 Å². The highest BCUT2D eigenvalue weighted by Crippen LogP contribution is 2.31. The molecule has 0 aliphatic rings. The minimum atomic E-state index is -0.300. The molecule has 0 unspecified atom stereocenters. The van der Waals surface area contributed by atoms with Gasteiger partial charge >= 0.3 is 0 Å². The summed E-state index contributed by atoms with van der Waals surface area (Å²) >= 11 is 0. The highest BCUT2D eigenvalue weighted by Gasteiger charge is 2.27. The number of aryl methyl sites for hydroxylation is 2. The second-order valence-electron chi connectivity index (χ2n) is 9.29. The van der Waals surface area contributed by atoms with Gasteiger partial charge in [0.1, 0.15) is 11.6 Å². The Hall–Kier alpha value is -2.76. The Bertz CT molecular complexity index is 895. The third kappa shape index (κ3) is 5.15. The van der Waals surface area contributed by atoms with E-state index in [1.165, 1.54) is 6.20 Å². The Morgan fingerprint density at radius 2 is 1.79 bits per heavy atom. The molecule has 6 heteroatoms. The van der Waals surface area contributed by atoms with Gasteiger partial charge in [-0.05, 0) is 46.2 Å². The zero-order valence-electron chi connectivity index (χ0n) is 18.2. The number of aromatic nitrogens is 2. The van der Waals surface area contributed by atoms with Crippen molar-refractivity contribution in [2.24, 2.45) is 5.73 Å². The van der Waals surface area contributed by atoms with Crippen LogP contribution in [0.25, 0.3) is 5.57 Å². The first-order chi connectivity index (χ1) is 12.8. The minimum absolute atomic E-state index is 0.166. The van der Waals surface area contributed by atoms with Gasteiger partial charge in [0.2, 0.25) is 0 Å². The summed E-state index contributed by atoms with van der Waals surface area (Å²) in [4.78, 5) is 20.9. The van der Waals surface area contributed by atoms with E-state index in [0.29, 0.717) is 11.4 Å². The summed E-state index contributed by atoms with van der Waals surface area (Å²) in [6.45, 7) is 16.5. The standard InChI is InChI=1S/C22H33N5O/c1-13-9-10-16(14(2)11-13)24-20(28)15(12-23)18-25-17(21(3,4)5)19(26-18)27-22(6,7)8/h9-12,27H,23H2,1-8H3,(H,24,28)(H,25,26)/b15-12+. The number of carbonyl (C=O) groups is 1. The molecule has 0 atom stereocenters. The number of hydrogen-bond acceptors (Lipinski definition) is 4. The molecule has 0 fully saturated rings. The number of imidazole rings is 1. The van der Waals surface area contributed by atoms with Crippen LogP contribution < -0.4 is 16.4 Å². The molecule has 6 nitrogen and oxygen atoms in total. The summed E-state index contributed by atoms with van der Waals surface area (Å²) in [6.07, 6.45) is 1.30. The van der Waals surface area contributed by atoms with E-state index in [1.807, 2.05) is 32.0 Å². The van der Waals surface area contributed by atoms with E-state index >= 15 is 0 Å². The molecule has 0 bridgehead atoms. The summed E-state index contributed by atoms with van der Waals surface area (Å²) in [6, 6.07) is 5.88. The molecule has 2 aromatic rings. The Labute approximate surface area is 168 Å². The van der Waals surface area contributed by atoms with Gasteiger partial charge in [-0.1, -0.05) is 38.5 Å². The largest absolute Gasteiger partial charge is 0.404 e. The second-order valence-corrected chi connectivity index (χ2v) is 9.29. The van der Waals surface area contributed by atoms with E-state index < -0.39 is 0 Å². The van der Waals surface area contributed by atoms with Crippen LogP contribution in [-0.4, -0.2) is 21.4 Å². The Balaban J connectivity index is 2.39. The molecule has 2 rings (SSSR count). The molecule has 0 spiro atoms. The number of H-pyrrole nitrogens is 1. The number of nitrogens with one attached hydrogen (secondary N) is 3. The van der Waals surface area contributed by atoms with Gasteiger partial charge in [0.25, 0.3) is 5.91 Å². The van der Waals surface area contributed by atoms with Crippen LogP contribution in [0.1, 0.15) is 64.2 Å². The number of anilines is 2. The van der Waals surface area contributed by atoms with Gasteiger partial charge in [-0.3, -0.25) is 4.79 Å². The molecule has 1 heterocycles. The van der Waals surface area contributed by atoms with Crippen LogP contribution in [0.2, 0.25) is 0 Å². The maximum absolute atomic E-state index is 12.9. The first kappa shape index (κ1) is 21.5. The van der Waals surface area contributed by atoms with E-state index in [1.54, 1.807) is 0 Å². The number of carbonyl (C=O) groups excluding carboxylic acids is 1. The lowest BCUT2D eigenvalue weighted by molar-refractivity contribution is -0.111. The molecular formula is C22H33N5O. The number of nitrogens with two attached hydrogens (primary N) is 1. The molecule has 1 amide bonds. The SMILES string of the molecule is Cc1ccc(NC(=O)/C(=C/N)c2nc(NC(C)(C)C)c(C(C)(C)C)[nH]2)c(C)c1. The van der Waals surface area contributed by atoms with Crippen LogP contribution >= 0.6 is 0 Å². The van der Waals surface area contributed by atoms with Crippen molar-refractivity contribution < 1.29 is 4.79 Å². The first-order valence-corrected chi connectivity index (χ1v) is 9.51. The molecule has 28 heavy (non-hydrogen) atoms. The van der Waals surface area contributed by atoms with Crippen molar-refractivity contribution in [3.63, 3.8) is 0 Å². The number of hydrogen-bond donors (Lipinski definition) is 4. The van der Waals surface area contributed by atoms with E-state index in [9.17, 15) is 4.79 Å². The quantitative estimate of drug-likeness (QED) is 0.586. The van der Waals surface area contributed by atoms with Gasteiger partial charge < -0.3 is 21.4 Å². The molecule has 1 aromatic heterocycles. The van der Waals surface area contributed by atoms with Gasteiger partial charge in [-0.25, -0.2) is 4.98 Å². The molecule has 0 saturated heterocycles. The normalized spacial score (nSPS) is 12.8. The molecule has 0 radical (unpaired) electrons. The molecule has 0 saturated carbocycles. The minimum Gasteiger partial charge on any atom is -0.404 e. The zero-order chi connectivity index (χ0) is 21.3. The zero-order valence-corrected chi connectivity index (χ0v) is 18.2. The van der Waals surface area contributed by atoms with Crippen molar-refractivity contribution in [2.75, 3.05) is 10.6 Å². The number of amides is 1. The number of rotatable bonds is 4. The third-order valence-electron chi connectivity index (χ3n) is 4.24. The maximum atomic E-state index is 12.9. The van der Waals surface area contributed by atoms with Crippen molar-refractivity contribution in [2.45, 2.75) is 66.3 Å². The van der Waals surface area contributed by atoms with Crippen LogP contribution in [0.15, 0.2) is 24.4 Å². The van der Waals surface area contributed by atoms with Crippen molar-refractivity contribution in [3.05, 3.63) is 47.0 Å². The van der Waals surface area contributed by atoms with Gasteiger partial charge in [-0.15, -0.1) is 0 Å². The highest BCUT2D eigenvalue weighted by atomic mass is 16.1. The molecule has 0 aliphatic carbocycles. The molecule has 5 N–H and O–H groups in total. The Morgan fingerprint density at radius 1 is 1.14 bits per heavy atom. The summed E-state index contributed by atoms with van der Waals surface area (Å²) in [7, 11) is 0. The lowest BCUT2D eigenvalue weighted by atomic mass is 9.91. The fourth-order valence-corrected chi connectivity index (χ4v) is 2.89. The lowest BCUT2D eigenvalue weighted by Crippen LogP contribution is -2.28. The van der Waals surface area contributed by atoms with Crippen LogP contribution in [0, 0.1) is 13.8 Å². The predicted molar refractivity (Wildman–Crippen MR) is 117 cm³/mol. The monoisotopic (exact) mass is 383 g/mol. The molecule has 0 aliphatic heterocycles. The summed E-state index contributed by atoms with van der Waals surface area (Å²) in [5.41, 5.74) is 9.59. The summed E-state index contributed by atoms with van der Waals surface area (Å²) in [5.74, 6) is 0.876. The third-order valence-corrected chi connectivity index (χ3v) is 4.24. The van der Waals surface area contributed by atoms with Crippen molar-refractivity contribution in [1.29, 1.82) is 0 Å². The highest BCUT2D eigenvalue weighted by molar-refractivity contribution is 6.24. The Morgan fingerprint density at radius 3 is 2.29 bits per heavy atom. The first-order valence-electron chi connectivity index (χ1n) is 9.51. The second kappa shape index (κ2) is 7.70. The van der Waals surface area contributed by atoms with Gasteiger partial charge in [0, 0.05) is 22.8 Å². The molecular weight excluding hydrogens is 350 g/mol. The molecule has 1 aromatic carbocycles. The van der Waals surface area contributed by atoms with Gasteiger partial charge in [-0.2, -0.15) is 0 Å². The van der Waals surface area contributed by atoms with Crippen LogP contribution in [-0.2, 0) is 10.2 Å². The number of nitrogens with zero attached hydrogens (tertiary/aromatic N) is 1. The fourth-order valence-electron chi connectivity index (χ4n) is 2.89. The predicted octanol–water partition coefficient (Wildman–Crippen LogP) is 4.47. The number of aromatic amines is 1. The average molecular weight is 384 g/mol. The van der Waals surface area contributed by atoms with Crippen molar-refractivity contribution >= 4 is 23.0 Å². The van der Waals surface area contributed by atoms with Crippen molar-refractivity contribution in [3.8, 4) is 0 Å². The van der Waals surface area contributed by atoms with Crippen LogP contribution in [0.3, 0.4) is 0 Å². The maximum Gasteiger partial charge on any atom is 0.260 e. The average Bonchev–Trinajstić information content (AvgIpc) is 2.92. The Kier molecular flexibility index (Phi) is 5.92. The smallest absolute Gasteiger partial charge is 0.260 e. The van der Waals surface area contributed by atoms with E-state index in [-0.39, 0.29) is 16.9 Å². The van der Waals surface area contributed by atoms with Crippen LogP contribution in [0.5, 0.6) is 0 Å². The fraction of sp³-hybridized carbons (Fsp3) is 0.455. The summed E-state index contributed by atoms with van der Waals surface area (Å²) < 4.78 is 0. The van der Waals surface area contributed by atoms with Crippen LogP contribution in [0.4, 0.5) is 11.5 Å². The van der Waals surface area contributed by atoms with E-state index in [0.717, 1.165) is 28.3 Å². The summed E-state index contributed by atoms with van der Waals surface area (Å²) in [5, 5.41) is 6.35.